The highest BCUT2D eigenvalue weighted by Gasteiger charge is 2.30. The lowest BCUT2D eigenvalue weighted by molar-refractivity contribution is -0.137. The third-order valence-corrected chi connectivity index (χ3v) is 3.70. The summed E-state index contributed by atoms with van der Waals surface area (Å²) in [6.07, 6.45) is -2.20. The molecule has 26 heavy (non-hydrogen) atoms. The Labute approximate surface area is 147 Å². The van der Waals surface area contributed by atoms with Crippen molar-refractivity contribution in [2.45, 2.75) is 12.6 Å². The lowest BCUT2D eigenvalue weighted by atomic mass is 10.1. The van der Waals surface area contributed by atoms with Gasteiger partial charge in [0.15, 0.2) is 5.76 Å². The van der Waals surface area contributed by atoms with Crippen LogP contribution in [0.5, 0.6) is 0 Å². The number of hydrogen-bond acceptors (Lipinski definition) is 3. The summed E-state index contributed by atoms with van der Waals surface area (Å²) in [7, 11) is 0. The van der Waals surface area contributed by atoms with Crippen molar-refractivity contribution in [3.8, 4) is 11.3 Å². The zero-order valence-corrected chi connectivity index (χ0v) is 13.6. The Morgan fingerprint density at radius 3 is 2.65 bits per heavy atom. The van der Waals surface area contributed by atoms with E-state index >= 15 is 0 Å². The number of aromatic nitrogens is 1. The summed E-state index contributed by atoms with van der Waals surface area (Å²) in [6.45, 7) is 0.370. The molecule has 0 aliphatic heterocycles. The van der Waals surface area contributed by atoms with Crippen LogP contribution in [0.4, 0.5) is 13.2 Å². The number of pyridine rings is 1. The van der Waals surface area contributed by atoms with Gasteiger partial charge in [0.05, 0.1) is 5.56 Å². The van der Waals surface area contributed by atoms with Crippen LogP contribution >= 0.6 is 0 Å². The molecular formula is C19H15F3N2O2. The third kappa shape index (κ3) is 4.30. The fraction of sp³-hybridized carbons (Fsp3) is 0.158. The van der Waals surface area contributed by atoms with Gasteiger partial charge >= 0.3 is 6.18 Å². The SMILES string of the molecule is O=C(NCCc1ccccn1)c1ccc(-c2cccc(C(F)(F)F)c2)o1. The minimum absolute atomic E-state index is 0.0402. The maximum atomic E-state index is 12.8. The summed E-state index contributed by atoms with van der Waals surface area (Å²) in [6, 6.07) is 13.2. The molecule has 0 aliphatic carbocycles. The number of nitrogens with zero attached hydrogens (tertiary/aromatic N) is 1. The molecule has 0 saturated heterocycles. The van der Waals surface area contributed by atoms with Crippen molar-refractivity contribution in [3.05, 3.63) is 77.8 Å². The molecule has 134 valence electrons. The summed E-state index contributed by atoms with van der Waals surface area (Å²) in [5.74, 6) is -0.191. The van der Waals surface area contributed by atoms with Crippen LogP contribution in [0.3, 0.4) is 0 Å². The van der Waals surface area contributed by atoms with E-state index in [0.717, 1.165) is 17.8 Å². The van der Waals surface area contributed by atoms with Gasteiger partial charge in [-0.2, -0.15) is 13.2 Å². The fourth-order valence-corrected chi connectivity index (χ4v) is 2.40. The number of benzene rings is 1. The predicted molar refractivity (Wildman–Crippen MR) is 89.4 cm³/mol. The summed E-state index contributed by atoms with van der Waals surface area (Å²) in [4.78, 5) is 16.3. The molecular weight excluding hydrogens is 345 g/mol. The first-order valence-corrected chi connectivity index (χ1v) is 7.89. The van der Waals surface area contributed by atoms with Gasteiger partial charge in [0.1, 0.15) is 5.76 Å². The molecule has 0 atom stereocenters. The zero-order valence-electron chi connectivity index (χ0n) is 13.6. The third-order valence-electron chi connectivity index (χ3n) is 3.70. The van der Waals surface area contributed by atoms with Crippen molar-refractivity contribution in [2.24, 2.45) is 0 Å². The maximum absolute atomic E-state index is 12.8. The molecule has 2 heterocycles. The highest BCUT2D eigenvalue weighted by atomic mass is 19.4. The number of furan rings is 1. The highest BCUT2D eigenvalue weighted by molar-refractivity contribution is 5.92. The second kappa shape index (κ2) is 7.43. The molecule has 0 spiro atoms. The maximum Gasteiger partial charge on any atom is 0.416 e. The Morgan fingerprint density at radius 2 is 1.92 bits per heavy atom. The molecule has 0 unspecified atom stereocenters. The van der Waals surface area contributed by atoms with Crippen molar-refractivity contribution in [1.29, 1.82) is 0 Å². The van der Waals surface area contributed by atoms with E-state index in [2.05, 4.69) is 10.3 Å². The van der Waals surface area contributed by atoms with E-state index in [1.165, 1.54) is 24.3 Å². The number of amides is 1. The number of alkyl halides is 3. The van der Waals surface area contributed by atoms with Gasteiger partial charge < -0.3 is 9.73 Å². The van der Waals surface area contributed by atoms with E-state index in [-0.39, 0.29) is 17.1 Å². The Bertz CT molecular complexity index is 889. The Morgan fingerprint density at radius 1 is 1.08 bits per heavy atom. The van der Waals surface area contributed by atoms with E-state index in [1.807, 2.05) is 12.1 Å². The second-order valence-electron chi connectivity index (χ2n) is 5.57. The van der Waals surface area contributed by atoms with Gasteiger partial charge in [-0.25, -0.2) is 0 Å². The van der Waals surface area contributed by atoms with Crippen LogP contribution in [0.25, 0.3) is 11.3 Å². The molecule has 2 aromatic heterocycles. The van der Waals surface area contributed by atoms with Crippen LogP contribution in [0.15, 0.2) is 65.2 Å². The Kier molecular flexibility index (Phi) is 5.06. The smallest absolute Gasteiger partial charge is 0.416 e. The lowest BCUT2D eigenvalue weighted by Gasteiger charge is -2.07. The minimum Gasteiger partial charge on any atom is -0.451 e. The van der Waals surface area contributed by atoms with Crippen molar-refractivity contribution in [1.82, 2.24) is 10.3 Å². The van der Waals surface area contributed by atoms with Gasteiger partial charge in [0.25, 0.3) is 5.91 Å². The summed E-state index contributed by atoms with van der Waals surface area (Å²) in [5.41, 5.74) is 0.331. The van der Waals surface area contributed by atoms with E-state index in [0.29, 0.717) is 13.0 Å². The molecule has 0 radical (unpaired) electrons. The number of hydrogen-bond donors (Lipinski definition) is 1. The van der Waals surface area contributed by atoms with Gasteiger partial charge in [-0.05, 0) is 36.4 Å². The van der Waals surface area contributed by atoms with Crippen LogP contribution in [0.1, 0.15) is 21.8 Å². The molecule has 0 bridgehead atoms. The number of nitrogens with one attached hydrogen (secondary N) is 1. The van der Waals surface area contributed by atoms with Crippen molar-refractivity contribution >= 4 is 5.91 Å². The minimum atomic E-state index is -4.44. The predicted octanol–water partition coefficient (Wildman–Crippen LogP) is 4.33. The lowest BCUT2D eigenvalue weighted by Crippen LogP contribution is -2.25. The zero-order chi connectivity index (χ0) is 18.6. The molecule has 4 nitrogen and oxygen atoms in total. The first-order valence-electron chi connectivity index (χ1n) is 7.89. The fourth-order valence-electron chi connectivity index (χ4n) is 2.40. The molecule has 1 N–H and O–H groups in total. The van der Waals surface area contributed by atoms with E-state index in [1.54, 1.807) is 12.3 Å². The number of halogens is 3. The molecule has 3 aromatic rings. The first kappa shape index (κ1) is 17.7. The number of carbonyl (C=O) groups excluding carboxylic acids is 1. The summed E-state index contributed by atoms with van der Waals surface area (Å²) >= 11 is 0. The Balaban J connectivity index is 1.65. The molecule has 1 aromatic carbocycles. The molecule has 1 amide bonds. The monoisotopic (exact) mass is 360 g/mol. The van der Waals surface area contributed by atoms with Crippen molar-refractivity contribution < 1.29 is 22.4 Å². The van der Waals surface area contributed by atoms with Gasteiger partial charge in [-0.3, -0.25) is 9.78 Å². The number of carbonyl (C=O) groups is 1. The molecule has 0 aliphatic rings. The quantitative estimate of drug-likeness (QED) is 0.737. The number of rotatable bonds is 5. The van der Waals surface area contributed by atoms with Gasteiger partial charge in [-0.15, -0.1) is 0 Å². The van der Waals surface area contributed by atoms with E-state index in [9.17, 15) is 18.0 Å². The van der Waals surface area contributed by atoms with Crippen LogP contribution in [-0.2, 0) is 12.6 Å². The first-order chi connectivity index (χ1) is 12.4. The van der Waals surface area contributed by atoms with Crippen LogP contribution in [-0.4, -0.2) is 17.4 Å². The average Bonchev–Trinajstić information content (AvgIpc) is 3.12. The van der Waals surface area contributed by atoms with Gasteiger partial charge in [0, 0.05) is 30.4 Å². The van der Waals surface area contributed by atoms with Crippen LogP contribution < -0.4 is 5.32 Å². The van der Waals surface area contributed by atoms with E-state index in [4.69, 9.17) is 4.42 Å². The molecule has 0 fully saturated rings. The molecule has 0 saturated carbocycles. The summed E-state index contributed by atoms with van der Waals surface area (Å²) in [5, 5.41) is 2.70. The normalized spacial score (nSPS) is 11.3. The summed E-state index contributed by atoms with van der Waals surface area (Å²) < 4.78 is 43.8. The second-order valence-corrected chi connectivity index (χ2v) is 5.57. The standard InChI is InChI=1S/C19H15F3N2O2/c20-19(21,22)14-5-3-4-13(12-14)16-7-8-17(26-16)18(25)24-11-9-15-6-1-2-10-23-15/h1-8,10,12H,9,11H2,(H,24,25). The topological polar surface area (TPSA) is 55.1 Å². The van der Waals surface area contributed by atoms with Gasteiger partial charge in [-0.1, -0.05) is 18.2 Å². The Hall–Kier alpha value is -3.09. The van der Waals surface area contributed by atoms with Crippen LogP contribution in [0.2, 0.25) is 0 Å². The van der Waals surface area contributed by atoms with Crippen molar-refractivity contribution in [3.63, 3.8) is 0 Å². The highest BCUT2D eigenvalue weighted by Crippen LogP contribution is 2.32. The molecule has 7 heteroatoms. The van der Waals surface area contributed by atoms with Crippen molar-refractivity contribution in [2.75, 3.05) is 6.54 Å². The largest absolute Gasteiger partial charge is 0.451 e. The van der Waals surface area contributed by atoms with Crippen LogP contribution in [0, 0.1) is 0 Å². The average molecular weight is 360 g/mol. The van der Waals surface area contributed by atoms with E-state index < -0.39 is 17.6 Å². The van der Waals surface area contributed by atoms with Gasteiger partial charge in [0.2, 0.25) is 0 Å². The molecule has 3 rings (SSSR count).